The third-order valence-corrected chi connectivity index (χ3v) is 2.44. The molecule has 0 aliphatic carbocycles. The number of carbonyl (C=O) groups is 2. The normalized spacial score (nSPS) is 9.43. The van der Waals surface area contributed by atoms with E-state index in [9.17, 15) is 9.59 Å². The molecule has 1 rings (SSSR count). The number of benzene rings is 1. The van der Waals surface area contributed by atoms with Crippen molar-refractivity contribution in [2.45, 2.75) is 13.3 Å². The van der Waals surface area contributed by atoms with E-state index >= 15 is 0 Å². The van der Waals surface area contributed by atoms with Crippen LogP contribution in [0, 0.1) is 18.8 Å². The van der Waals surface area contributed by atoms with Gasteiger partial charge in [0.15, 0.2) is 0 Å². The summed E-state index contributed by atoms with van der Waals surface area (Å²) in [4.78, 5) is 22.3. The minimum absolute atomic E-state index is 0.00597. The summed E-state index contributed by atoms with van der Waals surface area (Å²) in [7, 11) is 0. The maximum Gasteiger partial charge on any atom is 0.404 e. The Hall–Kier alpha value is -2.52. The molecule has 21 heavy (non-hydrogen) atoms. The average molecular weight is 290 g/mol. The van der Waals surface area contributed by atoms with Crippen LogP contribution >= 0.6 is 0 Å². The molecule has 4 N–H and O–H groups in total. The second-order valence-corrected chi connectivity index (χ2v) is 4.29. The molecular formula is C15H18N2O4. The van der Waals surface area contributed by atoms with Crippen LogP contribution in [0.15, 0.2) is 18.2 Å². The van der Waals surface area contributed by atoms with Gasteiger partial charge >= 0.3 is 6.09 Å². The molecule has 6 heteroatoms. The number of aliphatic hydroxyl groups excluding tert-OH is 1. The number of carbonyl (C=O) groups excluding carboxylic acids is 2. The fourth-order valence-electron chi connectivity index (χ4n) is 1.63. The fourth-order valence-corrected chi connectivity index (χ4v) is 1.63. The number of aryl methyl sites for hydroxylation is 1. The Morgan fingerprint density at radius 2 is 2.14 bits per heavy atom. The van der Waals surface area contributed by atoms with Crippen LogP contribution in [0.1, 0.15) is 27.9 Å². The summed E-state index contributed by atoms with van der Waals surface area (Å²) in [5, 5.41) is 11.3. The lowest BCUT2D eigenvalue weighted by atomic mass is 10.1. The first-order valence-electron chi connectivity index (χ1n) is 6.45. The van der Waals surface area contributed by atoms with E-state index in [1.165, 1.54) is 0 Å². The van der Waals surface area contributed by atoms with Gasteiger partial charge in [0.2, 0.25) is 0 Å². The van der Waals surface area contributed by atoms with Crippen LogP contribution in [0.4, 0.5) is 4.79 Å². The number of hydrogen-bond donors (Lipinski definition) is 3. The second kappa shape index (κ2) is 8.61. The number of primary amides is 1. The van der Waals surface area contributed by atoms with Crippen molar-refractivity contribution in [2.75, 3.05) is 19.8 Å². The maximum atomic E-state index is 12.0. The van der Waals surface area contributed by atoms with Gasteiger partial charge in [-0.3, -0.25) is 4.79 Å². The Morgan fingerprint density at radius 3 is 2.81 bits per heavy atom. The van der Waals surface area contributed by atoms with Crippen LogP contribution in [0.25, 0.3) is 0 Å². The molecule has 6 nitrogen and oxygen atoms in total. The van der Waals surface area contributed by atoms with Gasteiger partial charge in [-0.2, -0.15) is 0 Å². The van der Waals surface area contributed by atoms with Gasteiger partial charge in [-0.15, -0.1) is 0 Å². The Labute approximate surface area is 123 Å². The highest BCUT2D eigenvalue weighted by Gasteiger charge is 2.07. The average Bonchev–Trinajstić information content (AvgIpc) is 2.43. The summed E-state index contributed by atoms with van der Waals surface area (Å²) in [6.45, 7) is 2.08. The van der Waals surface area contributed by atoms with E-state index in [4.69, 9.17) is 10.8 Å². The molecule has 2 amide bonds. The van der Waals surface area contributed by atoms with Gasteiger partial charge in [-0.05, 0) is 30.7 Å². The molecule has 0 heterocycles. The summed E-state index contributed by atoms with van der Waals surface area (Å²) < 4.78 is 4.52. The van der Waals surface area contributed by atoms with E-state index in [0.29, 0.717) is 17.5 Å². The summed E-state index contributed by atoms with van der Waals surface area (Å²) in [6, 6.07) is 5.26. The summed E-state index contributed by atoms with van der Waals surface area (Å²) in [5.41, 5.74) is 6.90. The maximum absolute atomic E-state index is 12.0. The molecule has 0 aliphatic heterocycles. The molecule has 112 valence electrons. The monoisotopic (exact) mass is 290 g/mol. The third kappa shape index (κ3) is 6.45. The van der Waals surface area contributed by atoms with Crippen LogP contribution in [0.5, 0.6) is 0 Å². The van der Waals surface area contributed by atoms with Gasteiger partial charge in [-0.1, -0.05) is 11.8 Å². The zero-order valence-corrected chi connectivity index (χ0v) is 11.8. The van der Waals surface area contributed by atoms with E-state index < -0.39 is 6.09 Å². The van der Waals surface area contributed by atoms with Crippen molar-refractivity contribution in [3.05, 3.63) is 34.9 Å². The highest BCUT2D eigenvalue weighted by molar-refractivity contribution is 5.94. The van der Waals surface area contributed by atoms with Crippen molar-refractivity contribution < 1.29 is 19.4 Å². The first-order valence-corrected chi connectivity index (χ1v) is 6.45. The number of amides is 2. The topological polar surface area (TPSA) is 102 Å². The van der Waals surface area contributed by atoms with Crippen LogP contribution in [-0.2, 0) is 4.74 Å². The Kier molecular flexibility index (Phi) is 6.78. The summed E-state index contributed by atoms with van der Waals surface area (Å²) in [5.74, 6) is 5.41. The predicted octanol–water partition coefficient (Wildman–Crippen LogP) is 0.554. The number of nitrogens with one attached hydrogen (secondary N) is 1. The summed E-state index contributed by atoms with van der Waals surface area (Å²) >= 11 is 0. The molecule has 0 radical (unpaired) electrons. The number of ether oxygens (including phenoxy) is 1. The Bertz CT molecular complexity index is 573. The van der Waals surface area contributed by atoms with E-state index in [2.05, 4.69) is 21.9 Å². The molecule has 0 unspecified atom stereocenters. The SMILES string of the molecule is Cc1cc(C#CCCO)cc(C(=O)NCCOC(N)=O)c1. The van der Waals surface area contributed by atoms with Crippen molar-refractivity contribution in [1.82, 2.24) is 5.32 Å². The van der Waals surface area contributed by atoms with Gasteiger partial charge in [0.05, 0.1) is 13.2 Å². The zero-order chi connectivity index (χ0) is 15.7. The smallest absolute Gasteiger partial charge is 0.404 e. The highest BCUT2D eigenvalue weighted by atomic mass is 16.5. The molecular weight excluding hydrogens is 272 g/mol. The molecule has 0 fully saturated rings. The lowest BCUT2D eigenvalue weighted by Crippen LogP contribution is -2.29. The fraction of sp³-hybridized carbons (Fsp3) is 0.333. The van der Waals surface area contributed by atoms with E-state index in [-0.39, 0.29) is 25.7 Å². The largest absolute Gasteiger partial charge is 0.448 e. The molecule has 0 atom stereocenters. The highest BCUT2D eigenvalue weighted by Crippen LogP contribution is 2.09. The molecule has 0 saturated heterocycles. The molecule has 1 aromatic rings. The van der Waals surface area contributed by atoms with Gasteiger partial charge in [0, 0.05) is 17.5 Å². The number of nitrogens with two attached hydrogens (primary N) is 1. The van der Waals surface area contributed by atoms with Gasteiger partial charge in [-0.25, -0.2) is 4.79 Å². The van der Waals surface area contributed by atoms with Crippen molar-refractivity contribution in [2.24, 2.45) is 5.73 Å². The molecule has 0 spiro atoms. The molecule has 0 saturated carbocycles. The van der Waals surface area contributed by atoms with Gasteiger partial charge in [0.1, 0.15) is 6.61 Å². The van der Waals surface area contributed by atoms with Crippen molar-refractivity contribution in [3.8, 4) is 11.8 Å². The van der Waals surface area contributed by atoms with E-state index in [1.807, 2.05) is 13.0 Å². The lowest BCUT2D eigenvalue weighted by Gasteiger charge is -2.06. The van der Waals surface area contributed by atoms with Crippen molar-refractivity contribution >= 4 is 12.0 Å². The minimum atomic E-state index is -0.874. The van der Waals surface area contributed by atoms with Crippen LogP contribution < -0.4 is 11.1 Å². The summed E-state index contributed by atoms with van der Waals surface area (Å²) in [6.07, 6.45) is -0.485. The van der Waals surface area contributed by atoms with Gasteiger partial charge in [0.25, 0.3) is 5.91 Å². The molecule has 0 aromatic heterocycles. The molecule has 1 aromatic carbocycles. The van der Waals surface area contributed by atoms with Crippen molar-refractivity contribution in [3.63, 3.8) is 0 Å². The van der Waals surface area contributed by atoms with Gasteiger partial charge < -0.3 is 20.9 Å². The van der Waals surface area contributed by atoms with E-state index in [0.717, 1.165) is 5.56 Å². The second-order valence-electron chi connectivity index (χ2n) is 4.29. The quantitative estimate of drug-likeness (QED) is 0.544. The molecule has 0 bridgehead atoms. The number of aliphatic hydroxyl groups is 1. The minimum Gasteiger partial charge on any atom is -0.448 e. The third-order valence-electron chi connectivity index (χ3n) is 2.44. The predicted molar refractivity (Wildman–Crippen MR) is 77.6 cm³/mol. The number of hydrogen-bond acceptors (Lipinski definition) is 4. The van der Waals surface area contributed by atoms with Crippen LogP contribution in [0.3, 0.4) is 0 Å². The molecule has 0 aliphatic rings. The standard InChI is InChI=1S/C15H18N2O4/c1-11-8-12(4-2-3-6-18)10-13(9-11)14(19)17-5-7-21-15(16)20/h8-10,18H,3,5-7H2,1H3,(H2,16,20)(H,17,19). The van der Waals surface area contributed by atoms with Crippen LogP contribution in [-0.4, -0.2) is 36.9 Å². The first-order chi connectivity index (χ1) is 10.0. The zero-order valence-electron chi connectivity index (χ0n) is 11.8. The van der Waals surface area contributed by atoms with E-state index in [1.54, 1.807) is 12.1 Å². The Balaban J connectivity index is 2.67. The number of rotatable bonds is 5. The van der Waals surface area contributed by atoms with Crippen LogP contribution in [0.2, 0.25) is 0 Å². The first kappa shape index (κ1) is 16.5. The lowest BCUT2D eigenvalue weighted by molar-refractivity contribution is 0.0936. The van der Waals surface area contributed by atoms with Crippen molar-refractivity contribution in [1.29, 1.82) is 0 Å². The Morgan fingerprint density at radius 1 is 1.38 bits per heavy atom.